The first-order valence-electron chi connectivity index (χ1n) is 11.6. The van der Waals surface area contributed by atoms with E-state index in [1.807, 2.05) is 4.90 Å². The van der Waals surface area contributed by atoms with E-state index in [0.717, 1.165) is 50.8 Å². The molecule has 1 atom stereocenters. The summed E-state index contributed by atoms with van der Waals surface area (Å²) in [5, 5.41) is 3.64. The standard InChI is InChI=1S/C26H33FN2O2S/c1-16-11-13-29(14-12-16)25(31)22-20-10-7-18(26(2,3)4)15-21(20)32-24(22)28-23(30)17-5-8-19(27)9-6-17/h5-6,8-9,16,18H,7,10-15H2,1-4H3,(H,28,30). The van der Waals surface area contributed by atoms with Crippen molar-refractivity contribution in [2.45, 2.75) is 59.8 Å². The number of nitrogens with one attached hydrogen (secondary N) is 1. The monoisotopic (exact) mass is 456 g/mol. The molecule has 1 saturated heterocycles. The average molecular weight is 457 g/mol. The molecule has 32 heavy (non-hydrogen) atoms. The molecule has 4 rings (SSSR count). The van der Waals surface area contributed by atoms with Crippen LogP contribution in [0.5, 0.6) is 0 Å². The minimum absolute atomic E-state index is 0.0398. The predicted molar refractivity (Wildman–Crippen MR) is 128 cm³/mol. The normalized spacial score (nSPS) is 19.5. The number of fused-ring (bicyclic) bond motifs is 1. The number of hydrogen-bond donors (Lipinski definition) is 1. The van der Waals surface area contributed by atoms with Crippen LogP contribution in [0.2, 0.25) is 0 Å². The zero-order valence-corrected chi connectivity index (χ0v) is 20.3. The van der Waals surface area contributed by atoms with Gasteiger partial charge in [-0.3, -0.25) is 9.59 Å². The Morgan fingerprint density at radius 1 is 1.09 bits per heavy atom. The molecule has 0 bridgehead atoms. The Morgan fingerprint density at radius 3 is 2.38 bits per heavy atom. The lowest BCUT2D eigenvalue weighted by atomic mass is 9.72. The van der Waals surface area contributed by atoms with Gasteiger partial charge in [0.25, 0.3) is 11.8 Å². The summed E-state index contributed by atoms with van der Waals surface area (Å²) in [7, 11) is 0. The second-order valence-electron chi connectivity index (χ2n) is 10.4. The third kappa shape index (κ3) is 4.75. The number of hydrogen-bond acceptors (Lipinski definition) is 3. The first-order valence-corrected chi connectivity index (χ1v) is 12.5. The molecular formula is C26H33FN2O2S. The highest BCUT2D eigenvalue weighted by atomic mass is 32.1. The first kappa shape index (κ1) is 23.0. The van der Waals surface area contributed by atoms with Gasteiger partial charge in [0.2, 0.25) is 0 Å². The van der Waals surface area contributed by atoms with Gasteiger partial charge in [-0.05, 0) is 79.2 Å². The van der Waals surface area contributed by atoms with Crippen LogP contribution in [0.25, 0.3) is 0 Å². The molecule has 4 nitrogen and oxygen atoms in total. The smallest absolute Gasteiger partial charge is 0.257 e. The molecule has 2 heterocycles. The van der Waals surface area contributed by atoms with Crippen LogP contribution in [0.15, 0.2) is 24.3 Å². The van der Waals surface area contributed by atoms with Crippen LogP contribution in [-0.2, 0) is 12.8 Å². The van der Waals surface area contributed by atoms with Crippen molar-refractivity contribution in [3.8, 4) is 0 Å². The summed E-state index contributed by atoms with van der Waals surface area (Å²) >= 11 is 1.55. The number of carbonyl (C=O) groups is 2. The van der Waals surface area contributed by atoms with Crippen molar-refractivity contribution in [3.05, 3.63) is 51.7 Å². The van der Waals surface area contributed by atoms with Crippen molar-refractivity contribution in [1.29, 1.82) is 0 Å². The fourth-order valence-corrected chi connectivity index (χ4v) is 6.10. The maximum Gasteiger partial charge on any atom is 0.257 e. The zero-order valence-electron chi connectivity index (χ0n) is 19.5. The Labute approximate surface area is 194 Å². The number of halogens is 1. The minimum atomic E-state index is -0.378. The fraction of sp³-hybridized carbons (Fsp3) is 0.538. The maximum absolute atomic E-state index is 13.6. The molecule has 1 aliphatic carbocycles. The number of amides is 2. The van der Waals surface area contributed by atoms with Crippen LogP contribution in [-0.4, -0.2) is 29.8 Å². The van der Waals surface area contributed by atoms with E-state index in [-0.39, 0.29) is 23.0 Å². The van der Waals surface area contributed by atoms with Gasteiger partial charge < -0.3 is 10.2 Å². The Hall–Kier alpha value is -2.21. The highest BCUT2D eigenvalue weighted by Crippen LogP contribution is 2.45. The topological polar surface area (TPSA) is 49.4 Å². The lowest BCUT2D eigenvalue weighted by molar-refractivity contribution is 0.0697. The van der Waals surface area contributed by atoms with Crippen LogP contribution < -0.4 is 5.32 Å². The van der Waals surface area contributed by atoms with Crippen LogP contribution in [0.4, 0.5) is 9.39 Å². The minimum Gasteiger partial charge on any atom is -0.339 e. The van der Waals surface area contributed by atoms with Crippen LogP contribution in [0, 0.1) is 23.1 Å². The first-order chi connectivity index (χ1) is 15.1. The van der Waals surface area contributed by atoms with Crippen molar-refractivity contribution in [2.75, 3.05) is 18.4 Å². The molecule has 2 aromatic rings. The Bertz CT molecular complexity index is 998. The van der Waals surface area contributed by atoms with Gasteiger partial charge in [-0.25, -0.2) is 4.39 Å². The van der Waals surface area contributed by atoms with E-state index in [2.05, 4.69) is 33.0 Å². The van der Waals surface area contributed by atoms with Crippen molar-refractivity contribution in [1.82, 2.24) is 4.90 Å². The summed E-state index contributed by atoms with van der Waals surface area (Å²) in [6.07, 6.45) is 4.89. The predicted octanol–water partition coefficient (Wildman–Crippen LogP) is 6.16. The SMILES string of the molecule is CC1CCN(C(=O)c2c(NC(=O)c3ccc(F)cc3)sc3c2CCC(C(C)(C)C)C3)CC1. The van der Waals surface area contributed by atoms with Crippen LogP contribution in [0.3, 0.4) is 0 Å². The molecule has 2 amide bonds. The second kappa shape index (κ2) is 8.97. The number of nitrogens with zero attached hydrogens (tertiary/aromatic N) is 1. The molecule has 1 aromatic heterocycles. The van der Waals surface area contributed by atoms with Crippen molar-refractivity contribution < 1.29 is 14.0 Å². The van der Waals surface area contributed by atoms with Gasteiger partial charge in [-0.2, -0.15) is 0 Å². The van der Waals surface area contributed by atoms with Crippen LogP contribution >= 0.6 is 11.3 Å². The average Bonchev–Trinajstić information content (AvgIpc) is 3.10. The number of piperidine rings is 1. The van der Waals surface area contributed by atoms with Crippen molar-refractivity contribution in [2.24, 2.45) is 17.3 Å². The van der Waals surface area contributed by atoms with Crippen molar-refractivity contribution in [3.63, 3.8) is 0 Å². The van der Waals surface area contributed by atoms with Gasteiger partial charge in [-0.1, -0.05) is 27.7 Å². The molecule has 1 aromatic carbocycles. The van der Waals surface area contributed by atoms with E-state index in [4.69, 9.17) is 0 Å². The van der Waals surface area contributed by atoms with E-state index in [0.29, 0.717) is 28.0 Å². The summed E-state index contributed by atoms with van der Waals surface area (Å²) in [4.78, 5) is 29.7. The van der Waals surface area contributed by atoms with Gasteiger partial charge in [0.1, 0.15) is 10.8 Å². The molecule has 2 aliphatic rings. The highest BCUT2D eigenvalue weighted by Gasteiger charge is 2.35. The third-order valence-corrected chi connectivity index (χ3v) is 8.28. The van der Waals surface area contributed by atoms with Gasteiger partial charge >= 0.3 is 0 Å². The lowest BCUT2D eigenvalue weighted by Crippen LogP contribution is -2.38. The van der Waals surface area contributed by atoms with Gasteiger partial charge in [-0.15, -0.1) is 11.3 Å². The van der Waals surface area contributed by atoms with Crippen molar-refractivity contribution >= 4 is 28.2 Å². The van der Waals surface area contributed by atoms with E-state index in [1.54, 1.807) is 11.3 Å². The third-order valence-electron chi connectivity index (χ3n) is 7.11. The quantitative estimate of drug-likeness (QED) is 0.601. The summed E-state index contributed by atoms with van der Waals surface area (Å²) in [5.74, 6) is 0.542. The summed E-state index contributed by atoms with van der Waals surface area (Å²) in [6, 6.07) is 5.51. The van der Waals surface area contributed by atoms with Crippen LogP contribution in [0.1, 0.15) is 78.1 Å². The second-order valence-corrected chi connectivity index (χ2v) is 11.6. The molecule has 172 valence electrons. The Balaban J connectivity index is 1.66. The summed E-state index contributed by atoms with van der Waals surface area (Å²) < 4.78 is 13.3. The zero-order chi connectivity index (χ0) is 23.0. The molecule has 0 saturated carbocycles. The summed E-state index contributed by atoms with van der Waals surface area (Å²) in [6.45, 7) is 10.6. The van der Waals surface area contributed by atoms with Gasteiger partial charge in [0.05, 0.1) is 5.56 Å². The van der Waals surface area contributed by atoms with E-state index in [1.165, 1.54) is 29.1 Å². The maximum atomic E-state index is 13.6. The number of anilines is 1. The number of thiophene rings is 1. The lowest BCUT2D eigenvalue weighted by Gasteiger charge is -2.34. The van der Waals surface area contributed by atoms with E-state index >= 15 is 0 Å². The number of benzene rings is 1. The molecule has 0 radical (unpaired) electrons. The summed E-state index contributed by atoms with van der Waals surface area (Å²) in [5.41, 5.74) is 2.39. The number of likely N-dealkylation sites (tertiary alicyclic amines) is 1. The van der Waals surface area contributed by atoms with Gasteiger partial charge in [0.15, 0.2) is 0 Å². The molecule has 1 N–H and O–H groups in total. The molecule has 1 aliphatic heterocycles. The molecular weight excluding hydrogens is 423 g/mol. The van der Waals surface area contributed by atoms with Gasteiger partial charge in [0, 0.05) is 23.5 Å². The molecule has 1 fully saturated rings. The van der Waals surface area contributed by atoms with E-state index in [9.17, 15) is 14.0 Å². The van der Waals surface area contributed by atoms with E-state index < -0.39 is 0 Å². The fourth-order valence-electron chi connectivity index (χ4n) is 4.79. The molecule has 1 unspecified atom stereocenters. The highest BCUT2D eigenvalue weighted by molar-refractivity contribution is 7.17. The number of carbonyl (C=O) groups excluding carboxylic acids is 2. The Kier molecular flexibility index (Phi) is 6.44. The Morgan fingerprint density at radius 2 is 1.75 bits per heavy atom. The largest absolute Gasteiger partial charge is 0.339 e. The molecule has 0 spiro atoms. The molecule has 6 heteroatoms. The number of rotatable bonds is 3.